The highest BCUT2D eigenvalue weighted by Gasteiger charge is 1.98. The largest absolute Gasteiger partial charge is 0.465 e. The number of carboxylic acid groups (broad SMARTS) is 1. The second-order valence-electron chi connectivity index (χ2n) is 5.35. The number of amides is 1. The van der Waals surface area contributed by atoms with Crippen LogP contribution in [0.25, 0.3) is 0 Å². The lowest BCUT2D eigenvalue weighted by Crippen LogP contribution is -2.06. The topological polar surface area (TPSA) is 49.3 Å². The summed E-state index contributed by atoms with van der Waals surface area (Å²) in [5.41, 5.74) is 1.92. The average Bonchev–Trinajstić information content (AvgIpc) is 2.43. The predicted octanol–water partition coefficient (Wildman–Crippen LogP) is 5.88. The molecule has 0 aliphatic heterocycles. The molecule has 3 nitrogen and oxygen atoms in total. The van der Waals surface area contributed by atoms with Crippen LogP contribution in [-0.2, 0) is 6.42 Å². The van der Waals surface area contributed by atoms with Crippen molar-refractivity contribution in [2.24, 2.45) is 0 Å². The molecule has 1 rings (SSSR count). The Morgan fingerprint density at radius 3 is 2.00 bits per heavy atom. The minimum atomic E-state index is -1.01. The van der Waals surface area contributed by atoms with E-state index in [1.165, 1.54) is 56.9 Å². The molecule has 0 fully saturated rings. The zero-order valence-electron chi connectivity index (χ0n) is 12.9. The monoisotopic (exact) mass is 313 g/mol. The maximum Gasteiger partial charge on any atom is 0.409 e. The number of unbranched alkanes of at least 4 members (excludes halogenated alkanes) is 7. The molecule has 0 spiro atoms. The van der Waals surface area contributed by atoms with Gasteiger partial charge in [-0.15, -0.1) is 12.4 Å². The zero-order chi connectivity index (χ0) is 14.6. The Hall–Kier alpha value is -1.22. The van der Waals surface area contributed by atoms with E-state index in [2.05, 4.69) is 12.2 Å². The van der Waals surface area contributed by atoms with Crippen LogP contribution in [0.5, 0.6) is 0 Å². The molecule has 0 unspecified atom stereocenters. The molecule has 120 valence electrons. The second-order valence-corrected chi connectivity index (χ2v) is 5.35. The number of benzene rings is 1. The van der Waals surface area contributed by atoms with Crippen molar-refractivity contribution in [2.75, 3.05) is 5.32 Å². The Labute approximate surface area is 134 Å². The molecule has 21 heavy (non-hydrogen) atoms. The van der Waals surface area contributed by atoms with Crippen LogP contribution in [0.3, 0.4) is 0 Å². The van der Waals surface area contributed by atoms with Crippen molar-refractivity contribution >= 4 is 24.2 Å². The number of aryl methyl sites for hydroxylation is 1. The van der Waals surface area contributed by atoms with Crippen molar-refractivity contribution in [2.45, 2.75) is 64.7 Å². The number of hydrogen-bond acceptors (Lipinski definition) is 1. The van der Waals surface area contributed by atoms with Gasteiger partial charge in [0.2, 0.25) is 0 Å². The molecule has 0 saturated carbocycles. The Kier molecular flexibility index (Phi) is 11.8. The van der Waals surface area contributed by atoms with Crippen molar-refractivity contribution in [3.8, 4) is 0 Å². The van der Waals surface area contributed by atoms with E-state index in [-0.39, 0.29) is 12.4 Å². The molecule has 0 aromatic heterocycles. The normalized spacial score (nSPS) is 9.95. The van der Waals surface area contributed by atoms with Gasteiger partial charge in [-0.2, -0.15) is 0 Å². The number of nitrogens with one attached hydrogen (secondary N) is 1. The third kappa shape index (κ3) is 10.2. The number of anilines is 1. The Balaban J connectivity index is 0.00000400. The highest BCUT2D eigenvalue weighted by atomic mass is 35.5. The van der Waals surface area contributed by atoms with Gasteiger partial charge >= 0.3 is 6.09 Å². The van der Waals surface area contributed by atoms with Crippen molar-refractivity contribution in [1.29, 1.82) is 0 Å². The smallest absolute Gasteiger partial charge is 0.409 e. The minimum absolute atomic E-state index is 0. The fourth-order valence-electron chi connectivity index (χ4n) is 2.34. The van der Waals surface area contributed by atoms with Crippen LogP contribution in [0, 0.1) is 0 Å². The molecular formula is C17H28ClNO2. The molecule has 0 aliphatic carbocycles. The molecule has 1 aromatic rings. The first-order chi connectivity index (χ1) is 9.72. The summed E-state index contributed by atoms with van der Waals surface area (Å²) in [5.74, 6) is 0. The second kappa shape index (κ2) is 12.5. The Morgan fingerprint density at radius 2 is 1.48 bits per heavy atom. The molecule has 0 bridgehead atoms. The first kappa shape index (κ1) is 19.8. The average molecular weight is 314 g/mol. The van der Waals surface area contributed by atoms with E-state index in [4.69, 9.17) is 5.11 Å². The van der Waals surface area contributed by atoms with E-state index in [1.54, 1.807) is 0 Å². The van der Waals surface area contributed by atoms with Crippen molar-refractivity contribution in [3.63, 3.8) is 0 Å². The van der Waals surface area contributed by atoms with E-state index >= 15 is 0 Å². The highest BCUT2D eigenvalue weighted by molar-refractivity contribution is 5.85. The van der Waals surface area contributed by atoms with E-state index in [9.17, 15) is 4.79 Å². The molecule has 0 radical (unpaired) electrons. The van der Waals surface area contributed by atoms with Gasteiger partial charge in [-0.05, 0) is 30.5 Å². The first-order valence-electron chi connectivity index (χ1n) is 7.81. The number of carbonyl (C=O) groups is 1. The SMILES string of the molecule is CCCCCCCCCCc1ccc(NC(=O)O)cc1.Cl. The van der Waals surface area contributed by atoms with E-state index < -0.39 is 6.09 Å². The summed E-state index contributed by atoms with van der Waals surface area (Å²) in [5, 5.41) is 11.0. The molecule has 2 N–H and O–H groups in total. The van der Waals surface area contributed by atoms with E-state index in [0.29, 0.717) is 5.69 Å². The quantitative estimate of drug-likeness (QED) is 0.530. The lowest BCUT2D eigenvalue weighted by atomic mass is 10.0. The van der Waals surface area contributed by atoms with Gasteiger partial charge in [-0.3, -0.25) is 5.32 Å². The van der Waals surface area contributed by atoms with Gasteiger partial charge in [0.25, 0.3) is 0 Å². The number of rotatable bonds is 10. The fraction of sp³-hybridized carbons (Fsp3) is 0.588. The maximum absolute atomic E-state index is 10.5. The molecule has 1 aromatic carbocycles. The summed E-state index contributed by atoms with van der Waals surface area (Å²) in [6.07, 6.45) is 10.7. The van der Waals surface area contributed by atoms with Crippen molar-refractivity contribution in [3.05, 3.63) is 29.8 Å². The minimum Gasteiger partial charge on any atom is -0.465 e. The van der Waals surface area contributed by atoms with Crippen LogP contribution in [0.2, 0.25) is 0 Å². The summed E-state index contributed by atoms with van der Waals surface area (Å²) in [4.78, 5) is 10.5. The molecule has 1 amide bonds. The molecular weight excluding hydrogens is 286 g/mol. The fourth-order valence-corrected chi connectivity index (χ4v) is 2.34. The first-order valence-corrected chi connectivity index (χ1v) is 7.81. The third-order valence-corrected chi connectivity index (χ3v) is 3.52. The van der Waals surface area contributed by atoms with E-state index in [0.717, 1.165) is 6.42 Å². The van der Waals surface area contributed by atoms with Crippen molar-refractivity contribution < 1.29 is 9.90 Å². The maximum atomic E-state index is 10.5. The van der Waals surface area contributed by atoms with Crippen LogP contribution in [0.15, 0.2) is 24.3 Å². The van der Waals surface area contributed by atoms with Crippen LogP contribution < -0.4 is 5.32 Å². The van der Waals surface area contributed by atoms with Crippen LogP contribution in [0.1, 0.15) is 63.9 Å². The van der Waals surface area contributed by atoms with Gasteiger partial charge in [-0.1, -0.05) is 64.0 Å². The molecule has 0 atom stereocenters. The van der Waals surface area contributed by atoms with Crippen molar-refractivity contribution in [1.82, 2.24) is 0 Å². The molecule has 0 heterocycles. The van der Waals surface area contributed by atoms with Crippen LogP contribution in [-0.4, -0.2) is 11.2 Å². The van der Waals surface area contributed by atoms with Gasteiger partial charge < -0.3 is 5.11 Å². The standard InChI is InChI=1S/C17H27NO2.ClH/c1-2-3-4-5-6-7-8-9-10-15-11-13-16(14-12-15)18-17(19)20;/h11-14,18H,2-10H2,1H3,(H,19,20);1H. The Bertz CT molecular complexity index is 379. The summed E-state index contributed by atoms with van der Waals surface area (Å²) >= 11 is 0. The zero-order valence-corrected chi connectivity index (χ0v) is 13.8. The van der Waals surface area contributed by atoms with Gasteiger partial charge in [0.05, 0.1) is 0 Å². The molecule has 0 saturated heterocycles. The number of halogens is 1. The third-order valence-electron chi connectivity index (χ3n) is 3.52. The molecule has 0 aliphatic rings. The summed E-state index contributed by atoms with van der Waals surface area (Å²) in [6, 6.07) is 7.67. The predicted molar refractivity (Wildman–Crippen MR) is 91.7 cm³/mol. The van der Waals surface area contributed by atoms with Crippen LogP contribution >= 0.6 is 12.4 Å². The number of hydrogen-bond donors (Lipinski definition) is 2. The summed E-state index contributed by atoms with van der Waals surface area (Å²) in [6.45, 7) is 2.25. The summed E-state index contributed by atoms with van der Waals surface area (Å²) < 4.78 is 0. The summed E-state index contributed by atoms with van der Waals surface area (Å²) in [7, 11) is 0. The lowest BCUT2D eigenvalue weighted by Gasteiger charge is -2.04. The lowest BCUT2D eigenvalue weighted by molar-refractivity contribution is 0.210. The van der Waals surface area contributed by atoms with Gasteiger partial charge in [0, 0.05) is 5.69 Å². The van der Waals surface area contributed by atoms with Gasteiger partial charge in [0.1, 0.15) is 0 Å². The Morgan fingerprint density at radius 1 is 0.952 bits per heavy atom. The van der Waals surface area contributed by atoms with E-state index in [1.807, 2.05) is 24.3 Å². The van der Waals surface area contributed by atoms with Crippen LogP contribution in [0.4, 0.5) is 10.5 Å². The molecule has 4 heteroatoms. The van der Waals surface area contributed by atoms with Gasteiger partial charge in [0.15, 0.2) is 0 Å². The van der Waals surface area contributed by atoms with Gasteiger partial charge in [-0.25, -0.2) is 4.79 Å². The highest BCUT2D eigenvalue weighted by Crippen LogP contribution is 2.14.